The van der Waals surface area contributed by atoms with Gasteiger partial charge in [-0.25, -0.2) is 8.78 Å². The van der Waals surface area contributed by atoms with Gasteiger partial charge in [0.1, 0.15) is 18.0 Å². The molecule has 2 N–H and O–H groups in total. The molecule has 3 heterocycles. The van der Waals surface area contributed by atoms with E-state index in [1.165, 1.54) is 31.1 Å². The average Bonchev–Trinajstić information content (AvgIpc) is 3.40. The summed E-state index contributed by atoms with van der Waals surface area (Å²) in [5.74, 6) is -0.812. The van der Waals surface area contributed by atoms with Crippen LogP contribution in [-0.4, -0.2) is 36.3 Å². The number of anilines is 1. The molecule has 0 atom stereocenters. The number of aryl methyl sites for hydroxylation is 1. The SMILES string of the molecule is Cc1c([N+](=O)[O-])c(C(F)F)nn1CC(=O)Nc1cn(C)nc1C(=O)NCc1ccco1. The van der Waals surface area contributed by atoms with E-state index in [0.717, 1.165) is 4.68 Å². The van der Waals surface area contributed by atoms with E-state index < -0.39 is 41.1 Å². The van der Waals surface area contributed by atoms with Crippen LogP contribution < -0.4 is 10.6 Å². The smallest absolute Gasteiger partial charge is 0.319 e. The quantitative estimate of drug-likeness (QED) is 0.404. The summed E-state index contributed by atoms with van der Waals surface area (Å²) in [6.07, 6.45) is -0.344. The Balaban J connectivity index is 1.73. The van der Waals surface area contributed by atoms with E-state index in [4.69, 9.17) is 4.42 Å². The van der Waals surface area contributed by atoms with E-state index in [0.29, 0.717) is 5.76 Å². The van der Waals surface area contributed by atoms with Gasteiger partial charge in [-0.15, -0.1) is 0 Å². The number of furan rings is 1. The van der Waals surface area contributed by atoms with Crippen molar-refractivity contribution in [3.8, 4) is 0 Å². The van der Waals surface area contributed by atoms with Crippen molar-refractivity contribution in [3.63, 3.8) is 0 Å². The molecule has 31 heavy (non-hydrogen) atoms. The van der Waals surface area contributed by atoms with Crippen LogP contribution in [0.2, 0.25) is 0 Å². The van der Waals surface area contributed by atoms with Crippen LogP contribution in [0.25, 0.3) is 0 Å². The summed E-state index contributed by atoms with van der Waals surface area (Å²) in [6, 6.07) is 3.33. The molecule has 0 fully saturated rings. The van der Waals surface area contributed by atoms with Gasteiger partial charge in [-0.05, 0) is 19.1 Å². The predicted octanol–water partition coefficient (Wildman–Crippen LogP) is 1.93. The van der Waals surface area contributed by atoms with Crippen LogP contribution >= 0.6 is 0 Å². The number of carbonyl (C=O) groups excluding carboxylic acids is 2. The molecule has 12 nitrogen and oxygen atoms in total. The Morgan fingerprint density at radius 2 is 2.10 bits per heavy atom. The van der Waals surface area contributed by atoms with Crippen molar-refractivity contribution in [2.24, 2.45) is 7.05 Å². The van der Waals surface area contributed by atoms with Gasteiger partial charge in [0.05, 0.1) is 23.4 Å². The Hall–Kier alpha value is -4.10. The van der Waals surface area contributed by atoms with Crippen LogP contribution in [0.3, 0.4) is 0 Å². The second kappa shape index (κ2) is 8.73. The molecule has 14 heteroatoms. The zero-order valence-corrected chi connectivity index (χ0v) is 16.3. The fourth-order valence-electron chi connectivity index (χ4n) is 2.82. The lowest BCUT2D eigenvalue weighted by Crippen LogP contribution is -2.26. The first-order valence-corrected chi connectivity index (χ1v) is 8.81. The van der Waals surface area contributed by atoms with Crippen LogP contribution in [0.15, 0.2) is 29.0 Å². The average molecular weight is 437 g/mol. The van der Waals surface area contributed by atoms with Crippen LogP contribution in [0, 0.1) is 17.0 Å². The first-order chi connectivity index (χ1) is 14.7. The van der Waals surface area contributed by atoms with Gasteiger partial charge in [0, 0.05) is 13.2 Å². The molecule has 3 aromatic rings. The highest BCUT2D eigenvalue weighted by atomic mass is 19.3. The number of amides is 2. The van der Waals surface area contributed by atoms with Crippen LogP contribution in [-0.2, 0) is 24.9 Å². The second-order valence-corrected chi connectivity index (χ2v) is 6.41. The van der Waals surface area contributed by atoms with E-state index in [2.05, 4.69) is 20.8 Å². The first kappa shape index (κ1) is 21.6. The van der Waals surface area contributed by atoms with Gasteiger partial charge in [-0.1, -0.05) is 0 Å². The predicted molar refractivity (Wildman–Crippen MR) is 100 cm³/mol. The summed E-state index contributed by atoms with van der Waals surface area (Å²) >= 11 is 0. The maximum Gasteiger partial charge on any atom is 0.319 e. The number of alkyl halides is 2. The lowest BCUT2D eigenvalue weighted by atomic mass is 10.3. The molecule has 0 radical (unpaired) electrons. The van der Waals surface area contributed by atoms with E-state index in [9.17, 15) is 28.5 Å². The van der Waals surface area contributed by atoms with Gasteiger partial charge in [0.15, 0.2) is 5.69 Å². The molecule has 0 spiro atoms. The molecule has 3 rings (SSSR count). The molecule has 2 amide bonds. The van der Waals surface area contributed by atoms with Crippen LogP contribution in [0.1, 0.15) is 34.1 Å². The molecule has 0 aromatic carbocycles. The molecule has 164 valence electrons. The normalized spacial score (nSPS) is 11.0. The maximum atomic E-state index is 13.0. The lowest BCUT2D eigenvalue weighted by Gasteiger charge is -2.07. The van der Waals surface area contributed by atoms with Gasteiger partial charge in [0.25, 0.3) is 12.3 Å². The van der Waals surface area contributed by atoms with Crippen molar-refractivity contribution < 1.29 is 27.7 Å². The number of nitrogens with zero attached hydrogens (tertiary/aromatic N) is 5. The van der Waals surface area contributed by atoms with Crippen molar-refractivity contribution in [3.05, 3.63) is 57.5 Å². The van der Waals surface area contributed by atoms with Crippen molar-refractivity contribution in [1.82, 2.24) is 24.9 Å². The molecule has 0 bridgehead atoms. The zero-order chi connectivity index (χ0) is 22.7. The maximum absolute atomic E-state index is 13.0. The topological polar surface area (TPSA) is 150 Å². The molecule has 0 saturated carbocycles. The minimum atomic E-state index is -3.17. The third-order valence-electron chi connectivity index (χ3n) is 4.20. The van der Waals surface area contributed by atoms with E-state index in [1.54, 1.807) is 12.1 Å². The molecule has 0 aliphatic carbocycles. The second-order valence-electron chi connectivity index (χ2n) is 6.41. The highest BCUT2D eigenvalue weighted by Crippen LogP contribution is 2.30. The number of hydrogen-bond donors (Lipinski definition) is 2. The summed E-state index contributed by atoms with van der Waals surface area (Å²) in [5, 5.41) is 23.6. The Kier molecular flexibility index (Phi) is 6.08. The summed E-state index contributed by atoms with van der Waals surface area (Å²) < 4.78 is 33.3. The summed E-state index contributed by atoms with van der Waals surface area (Å²) in [6.45, 7) is 0.728. The lowest BCUT2D eigenvalue weighted by molar-refractivity contribution is -0.386. The third kappa shape index (κ3) is 4.73. The number of halogens is 2. The van der Waals surface area contributed by atoms with E-state index in [1.807, 2.05) is 0 Å². The molecular weight excluding hydrogens is 420 g/mol. The largest absolute Gasteiger partial charge is 0.467 e. The van der Waals surface area contributed by atoms with Gasteiger partial charge in [0.2, 0.25) is 11.6 Å². The number of rotatable bonds is 8. The molecular formula is C17H17F2N7O5. The Bertz CT molecular complexity index is 1120. The Labute approximate surface area is 173 Å². The summed E-state index contributed by atoms with van der Waals surface area (Å²) in [7, 11) is 1.54. The number of nitro groups is 1. The van der Waals surface area contributed by atoms with Gasteiger partial charge >= 0.3 is 5.69 Å². The highest BCUT2D eigenvalue weighted by molar-refractivity contribution is 6.02. The van der Waals surface area contributed by atoms with Gasteiger partial charge in [-0.3, -0.25) is 29.1 Å². The summed E-state index contributed by atoms with van der Waals surface area (Å²) in [5.41, 5.74) is -2.08. The van der Waals surface area contributed by atoms with Gasteiger partial charge < -0.3 is 15.1 Å². The van der Waals surface area contributed by atoms with Crippen LogP contribution in [0.5, 0.6) is 0 Å². The first-order valence-electron chi connectivity index (χ1n) is 8.81. The Morgan fingerprint density at radius 3 is 2.68 bits per heavy atom. The zero-order valence-electron chi connectivity index (χ0n) is 16.3. The van der Waals surface area contributed by atoms with E-state index in [-0.39, 0.29) is 23.6 Å². The molecule has 0 saturated heterocycles. The highest BCUT2D eigenvalue weighted by Gasteiger charge is 2.31. The fourth-order valence-corrected chi connectivity index (χ4v) is 2.82. The Morgan fingerprint density at radius 1 is 1.35 bits per heavy atom. The number of hydrogen-bond acceptors (Lipinski definition) is 7. The molecule has 0 aliphatic rings. The molecule has 3 aromatic heterocycles. The van der Waals surface area contributed by atoms with Crippen molar-refractivity contribution in [2.75, 3.05) is 5.32 Å². The minimum absolute atomic E-state index is 0.0674. The fraction of sp³-hybridized carbons (Fsp3) is 0.294. The molecule has 0 unspecified atom stereocenters. The standard InChI is InChI=1S/C17H17F2N7O5/c1-9-15(26(29)30)14(16(18)19)23-25(9)8-12(27)21-11-7-24(2)22-13(11)17(28)20-6-10-4-3-5-31-10/h3-5,7,16H,6,8H2,1-2H3,(H,20,28)(H,21,27). The molecule has 0 aliphatic heterocycles. The van der Waals surface area contributed by atoms with Crippen molar-refractivity contribution in [2.45, 2.75) is 26.4 Å². The monoisotopic (exact) mass is 437 g/mol. The van der Waals surface area contributed by atoms with Gasteiger partial charge in [-0.2, -0.15) is 10.2 Å². The third-order valence-corrected chi connectivity index (χ3v) is 4.20. The van der Waals surface area contributed by atoms with E-state index >= 15 is 0 Å². The van der Waals surface area contributed by atoms with Crippen molar-refractivity contribution in [1.29, 1.82) is 0 Å². The van der Waals surface area contributed by atoms with Crippen LogP contribution in [0.4, 0.5) is 20.2 Å². The minimum Gasteiger partial charge on any atom is -0.467 e. The summed E-state index contributed by atoms with van der Waals surface area (Å²) in [4.78, 5) is 34.9. The number of aromatic nitrogens is 4. The van der Waals surface area contributed by atoms with Crippen molar-refractivity contribution >= 4 is 23.2 Å². The number of carbonyl (C=O) groups is 2. The number of nitrogens with one attached hydrogen (secondary N) is 2.